The number of ether oxygens (including phenoxy) is 1. The zero-order chi connectivity index (χ0) is 15.5. The van der Waals surface area contributed by atoms with Gasteiger partial charge in [0.2, 0.25) is 5.91 Å². The number of nitrogens with one attached hydrogen (secondary N) is 1. The molecular formula is C16H17N3O3. The fraction of sp³-hybridized carbons (Fsp3) is 0.438. The molecule has 1 saturated heterocycles. The molecule has 0 bridgehead atoms. The van der Waals surface area contributed by atoms with Crippen molar-refractivity contribution in [3.05, 3.63) is 33.7 Å². The smallest absolute Gasteiger partial charge is 0.272 e. The van der Waals surface area contributed by atoms with Gasteiger partial charge in [0.25, 0.3) is 5.56 Å². The molecule has 1 amide bonds. The highest BCUT2D eigenvalue weighted by Crippen LogP contribution is 2.48. The number of anilines is 1. The number of likely N-dealkylation sites (N-methyl/N-ethyl adjacent to an activating group) is 1. The molecule has 22 heavy (non-hydrogen) atoms. The zero-order valence-electron chi connectivity index (χ0n) is 12.6. The highest BCUT2D eigenvalue weighted by molar-refractivity contribution is 6.10. The summed E-state index contributed by atoms with van der Waals surface area (Å²) < 4.78 is 5.45. The second-order valence-electron chi connectivity index (χ2n) is 6.11. The van der Waals surface area contributed by atoms with Crippen LogP contribution in [0.3, 0.4) is 0 Å². The molecule has 2 aromatic rings. The molecular weight excluding hydrogens is 282 g/mol. The van der Waals surface area contributed by atoms with E-state index in [2.05, 4.69) is 10.2 Å². The van der Waals surface area contributed by atoms with Gasteiger partial charge in [0.1, 0.15) is 0 Å². The van der Waals surface area contributed by atoms with E-state index in [1.807, 2.05) is 19.1 Å². The monoisotopic (exact) mass is 299 g/mol. The predicted octanol–water partition coefficient (Wildman–Crippen LogP) is 1.26. The highest BCUT2D eigenvalue weighted by Gasteiger charge is 2.50. The predicted molar refractivity (Wildman–Crippen MR) is 82.2 cm³/mol. The summed E-state index contributed by atoms with van der Waals surface area (Å²) in [5, 5.41) is 7.94. The molecule has 1 aromatic carbocycles. The number of fused-ring (bicyclic) bond motifs is 3. The Kier molecular flexibility index (Phi) is 2.69. The van der Waals surface area contributed by atoms with E-state index in [0.29, 0.717) is 31.4 Å². The van der Waals surface area contributed by atoms with E-state index in [4.69, 9.17) is 4.74 Å². The first-order valence-electron chi connectivity index (χ1n) is 7.44. The third kappa shape index (κ3) is 1.56. The lowest BCUT2D eigenvalue weighted by molar-refractivity contribution is -0.126. The Bertz CT molecular complexity index is 850. The second kappa shape index (κ2) is 4.39. The molecule has 0 aliphatic carbocycles. The van der Waals surface area contributed by atoms with Crippen LogP contribution in [0.4, 0.5) is 5.69 Å². The molecule has 114 valence electrons. The van der Waals surface area contributed by atoms with Crippen LogP contribution in [0.15, 0.2) is 16.9 Å². The van der Waals surface area contributed by atoms with Crippen LogP contribution in [0.1, 0.15) is 24.1 Å². The number of carbonyl (C=O) groups excluding carboxylic acids is 1. The summed E-state index contributed by atoms with van der Waals surface area (Å²) in [7, 11) is 1.78. The summed E-state index contributed by atoms with van der Waals surface area (Å²) in [5.41, 5.74) is 1.87. The van der Waals surface area contributed by atoms with Crippen LogP contribution in [-0.4, -0.2) is 36.4 Å². The molecule has 0 atom stereocenters. The van der Waals surface area contributed by atoms with Gasteiger partial charge in [-0.15, -0.1) is 0 Å². The van der Waals surface area contributed by atoms with Crippen molar-refractivity contribution in [3.63, 3.8) is 0 Å². The van der Waals surface area contributed by atoms with Crippen LogP contribution >= 0.6 is 0 Å². The molecule has 6 heteroatoms. The van der Waals surface area contributed by atoms with E-state index in [-0.39, 0.29) is 11.5 Å². The molecule has 0 unspecified atom stereocenters. The number of nitrogens with zero attached hydrogens (tertiary/aromatic N) is 2. The van der Waals surface area contributed by atoms with Crippen LogP contribution in [0.5, 0.6) is 0 Å². The molecule has 3 heterocycles. The van der Waals surface area contributed by atoms with Crippen LogP contribution in [0, 0.1) is 6.92 Å². The lowest BCUT2D eigenvalue weighted by atomic mass is 9.75. The number of H-pyrrole nitrogens is 1. The number of amides is 1. The van der Waals surface area contributed by atoms with E-state index in [1.165, 1.54) is 0 Å². The lowest BCUT2D eigenvalue weighted by Gasteiger charge is -2.32. The van der Waals surface area contributed by atoms with Crippen molar-refractivity contribution in [3.8, 4) is 0 Å². The molecule has 4 rings (SSSR count). The van der Waals surface area contributed by atoms with Gasteiger partial charge < -0.3 is 9.64 Å². The summed E-state index contributed by atoms with van der Waals surface area (Å²) in [6, 6.07) is 3.80. The second-order valence-corrected chi connectivity index (χ2v) is 6.11. The van der Waals surface area contributed by atoms with Gasteiger partial charge in [-0.05, 0) is 37.5 Å². The number of hydrogen-bond acceptors (Lipinski definition) is 4. The minimum absolute atomic E-state index is 0.100. The van der Waals surface area contributed by atoms with E-state index in [1.54, 1.807) is 11.9 Å². The minimum atomic E-state index is -0.508. The van der Waals surface area contributed by atoms with Crippen molar-refractivity contribution in [1.29, 1.82) is 0 Å². The maximum Gasteiger partial charge on any atom is 0.272 e. The maximum atomic E-state index is 12.9. The van der Waals surface area contributed by atoms with Crippen molar-refractivity contribution < 1.29 is 9.53 Å². The van der Waals surface area contributed by atoms with Gasteiger partial charge in [-0.25, -0.2) is 5.10 Å². The average molecular weight is 299 g/mol. The van der Waals surface area contributed by atoms with Crippen LogP contribution < -0.4 is 10.5 Å². The SMILES string of the molecule is Cc1n[nH]c(=O)c2cc3c(cc12)C1(CCOCC1)C(=O)N3C. The topological polar surface area (TPSA) is 75.3 Å². The van der Waals surface area contributed by atoms with Crippen LogP contribution in [-0.2, 0) is 14.9 Å². The minimum Gasteiger partial charge on any atom is -0.381 e. The Labute approximate surface area is 127 Å². The number of carbonyl (C=O) groups is 1. The Morgan fingerprint density at radius 1 is 1.23 bits per heavy atom. The molecule has 2 aliphatic heterocycles. The Hall–Kier alpha value is -2.21. The van der Waals surface area contributed by atoms with Gasteiger partial charge >= 0.3 is 0 Å². The summed E-state index contributed by atoms with van der Waals surface area (Å²) in [6.07, 6.45) is 1.37. The fourth-order valence-corrected chi connectivity index (χ4v) is 3.74. The van der Waals surface area contributed by atoms with Gasteiger partial charge in [-0.2, -0.15) is 5.10 Å². The maximum absolute atomic E-state index is 12.9. The third-order valence-electron chi connectivity index (χ3n) is 5.03. The number of hydrogen-bond donors (Lipinski definition) is 1. The molecule has 0 radical (unpaired) electrons. The Morgan fingerprint density at radius 3 is 2.68 bits per heavy atom. The first-order valence-corrected chi connectivity index (χ1v) is 7.44. The van der Waals surface area contributed by atoms with Crippen LogP contribution in [0.2, 0.25) is 0 Å². The van der Waals surface area contributed by atoms with Crippen molar-refractivity contribution in [1.82, 2.24) is 10.2 Å². The number of aryl methyl sites for hydroxylation is 1. The number of rotatable bonds is 0. The largest absolute Gasteiger partial charge is 0.381 e. The number of benzene rings is 1. The van der Waals surface area contributed by atoms with Crippen molar-refractivity contribution >= 4 is 22.4 Å². The van der Waals surface area contributed by atoms with Crippen LogP contribution in [0.25, 0.3) is 10.8 Å². The van der Waals surface area contributed by atoms with Gasteiger partial charge in [-0.1, -0.05) is 0 Å². The molecule has 1 spiro atoms. The lowest BCUT2D eigenvalue weighted by Crippen LogP contribution is -2.42. The van der Waals surface area contributed by atoms with E-state index >= 15 is 0 Å². The van der Waals surface area contributed by atoms with Crippen molar-refractivity contribution in [2.24, 2.45) is 0 Å². The molecule has 1 N–H and O–H groups in total. The number of aromatic amines is 1. The van der Waals surface area contributed by atoms with Crippen molar-refractivity contribution in [2.75, 3.05) is 25.2 Å². The summed E-state index contributed by atoms with van der Waals surface area (Å²) in [6.45, 7) is 3.04. The molecule has 0 saturated carbocycles. The van der Waals surface area contributed by atoms with Crippen molar-refractivity contribution in [2.45, 2.75) is 25.2 Å². The first-order chi connectivity index (χ1) is 10.5. The van der Waals surface area contributed by atoms with E-state index < -0.39 is 5.41 Å². The van der Waals surface area contributed by atoms with Gasteiger partial charge in [0.15, 0.2) is 0 Å². The number of aromatic nitrogens is 2. The standard InChI is InChI=1S/C16H17N3O3/c1-9-10-7-12-13(8-11(10)14(20)18-17-9)19(2)15(21)16(12)3-5-22-6-4-16/h7-8H,3-6H2,1-2H3,(H,18,20). The normalized spacial score (nSPS) is 19.9. The van der Waals surface area contributed by atoms with E-state index in [0.717, 1.165) is 22.3 Å². The summed E-state index contributed by atoms with van der Waals surface area (Å²) >= 11 is 0. The Balaban J connectivity index is 2.06. The highest BCUT2D eigenvalue weighted by atomic mass is 16.5. The van der Waals surface area contributed by atoms with Gasteiger partial charge in [0.05, 0.1) is 16.5 Å². The molecule has 1 fully saturated rings. The summed E-state index contributed by atoms with van der Waals surface area (Å²) in [5.74, 6) is 0.100. The first kappa shape index (κ1) is 13.5. The Morgan fingerprint density at radius 2 is 1.95 bits per heavy atom. The van der Waals surface area contributed by atoms with E-state index in [9.17, 15) is 9.59 Å². The average Bonchev–Trinajstić information content (AvgIpc) is 2.73. The third-order valence-corrected chi connectivity index (χ3v) is 5.03. The van der Waals surface area contributed by atoms with Gasteiger partial charge in [0, 0.05) is 31.3 Å². The molecule has 1 aromatic heterocycles. The summed E-state index contributed by atoms with van der Waals surface area (Å²) in [4.78, 5) is 26.6. The molecule has 6 nitrogen and oxygen atoms in total. The molecule has 2 aliphatic rings. The zero-order valence-corrected chi connectivity index (χ0v) is 12.6. The quantitative estimate of drug-likeness (QED) is 0.794. The fourth-order valence-electron chi connectivity index (χ4n) is 3.74. The van der Waals surface area contributed by atoms with Gasteiger partial charge in [-0.3, -0.25) is 9.59 Å².